The zero-order valence-corrected chi connectivity index (χ0v) is 11.8. The van der Waals surface area contributed by atoms with Crippen LogP contribution in [0.3, 0.4) is 0 Å². The lowest BCUT2D eigenvalue weighted by molar-refractivity contribution is -0.143. The predicted octanol–water partition coefficient (Wildman–Crippen LogP) is 2.60. The first kappa shape index (κ1) is 14.4. The molecule has 0 radical (unpaired) electrons. The molecule has 1 fully saturated rings. The van der Waals surface area contributed by atoms with Crippen molar-refractivity contribution < 1.29 is 19.4 Å². The van der Waals surface area contributed by atoms with Crippen LogP contribution in [0.1, 0.15) is 24.0 Å². The number of likely N-dealkylation sites (tertiary alicyclic amines) is 1. The molecule has 1 aromatic rings. The molecule has 1 heterocycles. The molecule has 5 nitrogen and oxygen atoms in total. The molecule has 1 aliphatic heterocycles. The van der Waals surface area contributed by atoms with Crippen molar-refractivity contribution in [2.45, 2.75) is 26.7 Å². The maximum absolute atomic E-state index is 12.1. The van der Waals surface area contributed by atoms with E-state index in [0.29, 0.717) is 25.1 Å². The van der Waals surface area contributed by atoms with Gasteiger partial charge in [0.1, 0.15) is 5.75 Å². The van der Waals surface area contributed by atoms with Crippen LogP contribution in [-0.4, -0.2) is 35.2 Å². The van der Waals surface area contributed by atoms with E-state index in [4.69, 9.17) is 9.84 Å². The Morgan fingerprint density at radius 3 is 2.50 bits per heavy atom. The Hall–Kier alpha value is -2.04. The first-order valence-electron chi connectivity index (χ1n) is 6.73. The van der Waals surface area contributed by atoms with Crippen molar-refractivity contribution in [2.75, 3.05) is 13.1 Å². The number of amides is 1. The minimum absolute atomic E-state index is 0.221. The normalized spacial score (nSPS) is 18.7. The molecule has 2 rings (SSSR count). The van der Waals surface area contributed by atoms with E-state index in [1.807, 2.05) is 19.9 Å². The first-order chi connectivity index (χ1) is 9.45. The van der Waals surface area contributed by atoms with E-state index < -0.39 is 18.0 Å². The SMILES string of the molecule is Cc1cc(C)cc(OC(=O)N2CCCC(C(=O)O)C2)c1. The fraction of sp³-hybridized carbons (Fsp3) is 0.467. The number of carboxylic acid groups (broad SMARTS) is 1. The van der Waals surface area contributed by atoms with E-state index in [1.165, 1.54) is 4.90 Å². The minimum Gasteiger partial charge on any atom is -0.481 e. The highest BCUT2D eigenvalue weighted by molar-refractivity contribution is 5.74. The molecule has 1 unspecified atom stereocenters. The van der Waals surface area contributed by atoms with Gasteiger partial charge in [0.25, 0.3) is 0 Å². The summed E-state index contributed by atoms with van der Waals surface area (Å²) in [4.78, 5) is 24.5. The molecule has 0 aliphatic carbocycles. The summed E-state index contributed by atoms with van der Waals surface area (Å²) in [7, 11) is 0. The number of aryl methyl sites for hydroxylation is 2. The molecule has 20 heavy (non-hydrogen) atoms. The van der Waals surface area contributed by atoms with Crippen LogP contribution in [0, 0.1) is 19.8 Å². The summed E-state index contributed by atoms with van der Waals surface area (Å²) in [6, 6.07) is 5.59. The van der Waals surface area contributed by atoms with E-state index >= 15 is 0 Å². The number of ether oxygens (including phenoxy) is 1. The van der Waals surface area contributed by atoms with Gasteiger partial charge in [-0.05, 0) is 49.9 Å². The number of aliphatic carboxylic acids is 1. The highest BCUT2D eigenvalue weighted by Gasteiger charge is 2.29. The number of rotatable bonds is 2. The lowest BCUT2D eigenvalue weighted by Crippen LogP contribution is -2.43. The Bertz CT molecular complexity index is 506. The fourth-order valence-corrected chi connectivity index (χ4v) is 2.50. The monoisotopic (exact) mass is 277 g/mol. The number of carboxylic acids is 1. The third-order valence-electron chi connectivity index (χ3n) is 3.43. The Labute approximate surface area is 118 Å². The molecule has 0 bridgehead atoms. The average Bonchev–Trinajstić information content (AvgIpc) is 2.37. The van der Waals surface area contributed by atoms with Gasteiger partial charge in [0.2, 0.25) is 0 Å². The van der Waals surface area contributed by atoms with Crippen LogP contribution in [0.2, 0.25) is 0 Å². The van der Waals surface area contributed by atoms with Crippen molar-refractivity contribution in [3.05, 3.63) is 29.3 Å². The highest BCUT2D eigenvalue weighted by atomic mass is 16.6. The molecule has 1 atom stereocenters. The Kier molecular flexibility index (Phi) is 4.27. The van der Waals surface area contributed by atoms with Crippen LogP contribution >= 0.6 is 0 Å². The molecule has 5 heteroatoms. The lowest BCUT2D eigenvalue weighted by Gasteiger charge is -2.29. The second kappa shape index (κ2) is 5.94. The van der Waals surface area contributed by atoms with Crippen molar-refractivity contribution in [1.82, 2.24) is 4.90 Å². The molecule has 1 aliphatic rings. The van der Waals surface area contributed by atoms with Crippen LogP contribution in [0.25, 0.3) is 0 Å². The van der Waals surface area contributed by atoms with E-state index in [2.05, 4.69) is 0 Å². The summed E-state index contributed by atoms with van der Waals surface area (Å²) in [5.74, 6) is -0.839. The lowest BCUT2D eigenvalue weighted by atomic mass is 9.99. The van der Waals surface area contributed by atoms with Crippen LogP contribution in [0.4, 0.5) is 4.79 Å². The van der Waals surface area contributed by atoms with Crippen LogP contribution < -0.4 is 4.74 Å². The quantitative estimate of drug-likeness (QED) is 0.902. The summed E-state index contributed by atoms with van der Waals surface area (Å²) >= 11 is 0. The van der Waals surface area contributed by atoms with Gasteiger partial charge in [0, 0.05) is 13.1 Å². The molecule has 0 aromatic heterocycles. The average molecular weight is 277 g/mol. The van der Waals surface area contributed by atoms with Gasteiger partial charge in [-0.2, -0.15) is 0 Å². The van der Waals surface area contributed by atoms with E-state index in [0.717, 1.165) is 11.1 Å². The number of piperidine rings is 1. The summed E-state index contributed by atoms with van der Waals surface area (Å²) in [5, 5.41) is 9.02. The molecule has 0 spiro atoms. The van der Waals surface area contributed by atoms with Crippen LogP contribution in [0.5, 0.6) is 5.75 Å². The Morgan fingerprint density at radius 2 is 1.90 bits per heavy atom. The number of nitrogens with zero attached hydrogens (tertiary/aromatic N) is 1. The van der Waals surface area contributed by atoms with Gasteiger partial charge >= 0.3 is 12.1 Å². The molecule has 1 aromatic carbocycles. The van der Waals surface area contributed by atoms with Crippen molar-refractivity contribution >= 4 is 12.1 Å². The van der Waals surface area contributed by atoms with Crippen LogP contribution in [-0.2, 0) is 4.79 Å². The topological polar surface area (TPSA) is 66.8 Å². The smallest absolute Gasteiger partial charge is 0.415 e. The van der Waals surface area contributed by atoms with E-state index in [9.17, 15) is 9.59 Å². The van der Waals surface area contributed by atoms with Gasteiger partial charge in [-0.15, -0.1) is 0 Å². The maximum Gasteiger partial charge on any atom is 0.415 e. The zero-order valence-electron chi connectivity index (χ0n) is 11.8. The van der Waals surface area contributed by atoms with Crippen molar-refractivity contribution in [1.29, 1.82) is 0 Å². The Balaban J connectivity index is 2.02. The number of hydrogen-bond acceptors (Lipinski definition) is 3. The van der Waals surface area contributed by atoms with Crippen molar-refractivity contribution in [2.24, 2.45) is 5.92 Å². The number of carbonyl (C=O) groups is 2. The van der Waals surface area contributed by atoms with E-state index in [1.54, 1.807) is 12.1 Å². The standard InChI is InChI=1S/C15H19NO4/c1-10-6-11(2)8-13(7-10)20-15(19)16-5-3-4-12(9-16)14(17)18/h6-8,12H,3-5,9H2,1-2H3,(H,17,18). The molecule has 1 amide bonds. The summed E-state index contributed by atoms with van der Waals surface area (Å²) < 4.78 is 5.34. The van der Waals surface area contributed by atoms with Gasteiger partial charge in [0.15, 0.2) is 0 Å². The van der Waals surface area contributed by atoms with Crippen molar-refractivity contribution in [3.63, 3.8) is 0 Å². The minimum atomic E-state index is -0.853. The van der Waals surface area contributed by atoms with Gasteiger partial charge < -0.3 is 14.7 Å². The van der Waals surface area contributed by atoms with Gasteiger partial charge in [-0.25, -0.2) is 4.79 Å². The van der Waals surface area contributed by atoms with Crippen LogP contribution in [0.15, 0.2) is 18.2 Å². The predicted molar refractivity (Wildman–Crippen MR) is 73.9 cm³/mol. The zero-order chi connectivity index (χ0) is 14.7. The maximum atomic E-state index is 12.1. The van der Waals surface area contributed by atoms with Crippen molar-refractivity contribution in [3.8, 4) is 5.75 Å². The number of benzene rings is 1. The Morgan fingerprint density at radius 1 is 1.25 bits per heavy atom. The molecule has 108 valence electrons. The first-order valence-corrected chi connectivity index (χ1v) is 6.73. The van der Waals surface area contributed by atoms with E-state index in [-0.39, 0.29) is 6.54 Å². The largest absolute Gasteiger partial charge is 0.481 e. The molecule has 1 saturated heterocycles. The molecule has 1 N–H and O–H groups in total. The highest BCUT2D eigenvalue weighted by Crippen LogP contribution is 2.20. The molecular weight excluding hydrogens is 258 g/mol. The second-order valence-corrected chi connectivity index (χ2v) is 5.31. The van der Waals surface area contributed by atoms with Gasteiger partial charge in [0.05, 0.1) is 5.92 Å². The third kappa shape index (κ3) is 3.50. The molecular formula is C15H19NO4. The number of carbonyl (C=O) groups excluding carboxylic acids is 1. The third-order valence-corrected chi connectivity index (χ3v) is 3.43. The van der Waals surface area contributed by atoms with Gasteiger partial charge in [-0.1, -0.05) is 6.07 Å². The summed E-state index contributed by atoms with van der Waals surface area (Å²) in [6.07, 6.45) is 0.836. The molecule has 0 saturated carbocycles. The van der Waals surface area contributed by atoms with Gasteiger partial charge in [-0.3, -0.25) is 4.79 Å². The summed E-state index contributed by atoms with van der Waals surface area (Å²) in [5.41, 5.74) is 2.05. The second-order valence-electron chi connectivity index (χ2n) is 5.31. The summed E-state index contributed by atoms with van der Waals surface area (Å²) in [6.45, 7) is 4.64. The fourth-order valence-electron chi connectivity index (χ4n) is 2.50. The number of hydrogen-bond donors (Lipinski definition) is 1.